The van der Waals surface area contributed by atoms with Crippen molar-refractivity contribution in [3.8, 4) is 0 Å². The number of aliphatic hydroxyl groups excluding tert-OH is 1. The number of hydrogen-bond donors (Lipinski definition) is 1. The van der Waals surface area contributed by atoms with Crippen LogP contribution in [0.5, 0.6) is 0 Å². The summed E-state index contributed by atoms with van der Waals surface area (Å²) in [4.78, 5) is 0. The van der Waals surface area contributed by atoms with E-state index in [0.29, 0.717) is 13.0 Å². The van der Waals surface area contributed by atoms with Crippen molar-refractivity contribution >= 4 is 10.0 Å². The van der Waals surface area contributed by atoms with Gasteiger partial charge in [0.1, 0.15) is 5.25 Å². The van der Waals surface area contributed by atoms with Crippen molar-refractivity contribution in [1.82, 2.24) is 14.1 Å². The maximum Gasteiger partial charge on any atom is 0.221 e. The molecular formula is C13H21N3O4S. The van der Waals surface area contributed by atoms with E-state index in [9.17, 15) is 13.5 Å². The highest BCUT2D eigenvalue weighted by molar-refractivity contribution is 7.89. The van der Waals surface area contributed by atoms with Crippen LogP contribution in [0.3, 0.4) is 0 Å². The molecule has 3 heterocycles. The molecule has 7 nitrogen and oxygen atoms in total. The van der Waals surface area contributed by atoms with E-state index in [0.717, 1.165) is 18.4 Å². The summed E-state index contributed by atoms with van der Waals surface area (Å²) >= 11 is 0. The zero-order valence-corrected chi connectivity index (χ0v) is 12.9. The zero-order chi connectivity index (χ0) is 15.0. The molecule has 1 aromatic rings. The van der Waals surface area contributed by atoms with Gasteiger partial charge in [0.25, 0.3) is 0 Å². The van der Waals surface area contributed by atoms with E-state index in [-0.39, 0.29) is 19.3 Å². The molecule has 0 aliphatic carbocycles. The molecule has 2 atom stereocenters. The van der Waals surface area contributed by atoms with Gasteiger partial charge in [-0.2, -0.15) is 9.40 Å². The molecular weight excluding hydrogens is 294 g/mol. The van der Waals surface area contributed by atoms with E-state index in [1.165, 1.54) is 0 Å². The number of aliphatic hydroxyl groups is 1. The van der Waals surface area contributed by atoms with Crippen LogP contribution < -0.4 is 0 Å². The molecule has 8 heteroatoms. The van der Waals surface area contributed by atoms with Crippen molar-refractivity contribution in [1.29, 1.82) is 0 Å². The largest absolute Gasteiger partial charge is 0.388 e. The van der Waals surface area contributed by atoms with Gasteiger partial charge >= 0.3 is 0 Å². The first-order valence-corrected chi connectivity index (χ1v) is 8.74. The summed E-state index contributed by atoms with van der Waals surface area (Å²) in [7, 11) is -1.51. The Morgan fingerprint density at radius 2 is 2.29 bits per heavy atom. The van der Waals surface area contributed by atoms with Crippen LogP contribution in [-0.4, -0.2) is 58.7 Å². The highest BCUT2D eigenvalue weighted by atomic mass is 32.2. The third-order valence-electron chi connectivity index (χ3n) is 4.28. The topological polar surface area (TPSA) is 84.7 Å². The van der Waals surface area contributed by atoms with Crippen molar-refractivity contribution in [3.05, 3.63) is 18.0 Å². The van der Waals surface area contributed by atoms with Gasteiger partial charge in [-0.1, -0.05) is 0 Å². The number of rotatable bonds is 5. The lowest BCUT2D eigenvalue weighted by Crippen LogP contribution is -2.50. The van der Waals surface area contributed by atoms with E-state index >= 15 is 0 Å². The van der Waals surface area contributed by atoms with Crippen molar-refractivity contribution in [2.75, 3.05) is 19.8 Å². The van der Waals surface area contributed by atoms with Crippen LogP contribution in [-0.2, 0) is 21.8 Å². The predicted molar refractivity (Wildman–Crippen MR) is 76.0 cm³/mol. The number of sulfonamides is 1. The first-order valence-electron chi connectivity index (χ1n) is 7.23. The molecule has 0 bridgehead atoms. The minimum atomic E-state index is -3.30. The molecule has 2 fully saturated rings. The minimum Gasteiger partial charge on any atom is -0.388 e. The van der Waals surface area contributed by atoms with Crippen LogP contribution in [0.2, 0.25) is 0 Å². The second-order valence-electron chi connectivity index (χ2n) is 5.81. The maximum absolute atomic E-state index is 12.5. The van der Waals surface area contributed by atoms with Gasteiger partial charge in [-0.25, -0.2) is 8.42 Å². The molecule has 2 saturated heterocycles. The van der Waals surface area contributed by atoms with E-state index in [4.69, 9.17) is 4.74 Å². The van der Waals surface area contributed by atoms with Crippen molar-refractivity contribution < 1.29 is 18.3 Å². The van der Waals surface area contributed by atoms with Crippen molar-refractivity contribution in [2.24, 2.45) is 7.05 Å². The van der Waals surface area contributed by atoms with E-state index in [1.807, 2.05) is 0 Å². The Labute approximate surface area is 124 Å². The standard InChI is InChI=1S/C13H21N3O4S/c1-15-7-10(6-14-15)13(17)5-11-3-2-4-16(11)21(18,19)12-8-20-9-12/h6-7,11-13,17H,2-5,8-9H2,1H3. The van der Waals surface area contributed by atoms with Gasteiger partial charge in [0, 0.05) is 31.4 Å². The summed E-state index contributed by atoms with van der Waals surface area (Å²) in [6, 6.07) is -0.134. The molecule has 2 aliphatic heterocycles. The highest BCUT2D eigenvalue weighted by Crippen LogP contribution is 2.31. The molecule has 0 saturated carbocycles. The first-order chi connectivity index (χ1) is 9.98. The fraction of sp³-hybridized carbons (Fsp3) is 0.769. The Morgan fingerprint density at radius 3 is 2.86 bits per heavy atom. The summed E-state index contributed by atoms with van der Waals surface area (Å²) in [5, 5.41) is 13.9. The monoisotopic (exact) mass is 315 g/mol. The SMILES string of the molecule is Cn1cc(C(O)CC2CCCN2S(=O)(=O)C2COC2)cn1. The lowest BCUT2D eigenvalue weighted by molar-refractivity contribution is 0.0385. The van der Waals surface area contributed by atoms with Gasteiger partial charge in [0.2, 0.25) is 10.0 Å². The number of nitrogens with zero attached hydrogens (tertiary/aromatic N) is 3. The predicted octanol–water partition coefficient (Wildman–Crippen LogP) is 0.0366. The average molecular weight is 315 g/mol. The van der Waals surface area contributed by atoms with Gasteiger partial charge < -0.3 is 9.84 Å². The molecule has 0 radical (unpaired) electrons. The molecule has 3 rings (SSSR count). The zero-order valence-electron chi connectivity index (χ0n) is 12.1. The van der Waals surface area contributed by atoms with E-state index in [1.54, 1.807) is 28.4 Å². The van der Waals surface area contributed by atoms with Crippen LogP contribution >= 0.6 is 0 Å². The van der Waals surface area contributed by atoms with E-state index in [2.05, 4.69) is 5.10 Å². The van der Waals surface area contributed by atoms with E-state index < -0.39 is 21.4 Å². The molecule has 0 aromatic carbocycles. The van der Waals surface area contributed by atoms with Gasteiger partial charge in [0.05, 0.1) is 25.5 Å². The quantitative estimate of drug-likeness (QED) is 0.829. The summed E-state index contributed by atoms with van der Waals surface area (Å²) in [5.74, 6) is 0. The fourth-order valence-corrected chi connectivity index (χ4v) is 4.87. The third-order valence-corrected chi connectivity index (χ3v) is 6.53. The Morgan fingerprint density at radius 1 is 1.52 bits per heavy atom. The summed E-state index contributed by atoms with van der Waals surface area (Å²) < 4.78 is 33.2. The fourth-order valence-electron chi connectivity index (χ4n) is 2.96. The molecule has 1 N–H and O–H groups in total. The van der Waals surface area contributed by atoms with Gasteiger partial charge in [-0.3, -0.25) is 4.68 Å². The highest BCUT2D eigenvalue weighted by Gasteiger charge is 2.42. The average Bonchev–Trinajstić information content (AvgIpc) is 2.95. The Bertz CT molecular complexity index is 596. The lowest BCUT2D eigenvalue weighted by Gasteiger charge is -2.33. The molecule has 21 heavy (non-hydrogen) atoms. The first kappa shape index (κ1) is 15.0. The molecule has 0 amide bonds. The number of hydrogen-bond acceptors (Lipinski definition) is 5. The van der Waals surface area contributed by atoms with Crippen LogP contribution in [0.4, 0.5) is 0 Å². The van der Waals surface area contributed by atoms with Gasteiger partial charge in [-0.05, 0) is 19.3 Å². The Kier molecular flexibility index (Phi) is 4.04. The summed E-state index contributed by atoms with van der Waals surface area (Å²) in [6.07, 6.45) is 4.76. The number of ether oxygens (including phenoxy) is 1. The van der Waals surface area contributed by atoms with Crippen molar-refractivity contribution in [3.63, 3.8) is 0 Å². The second-order valence-corrected chi connectivity index (χ2v) is 7.98. The second kappa shape index (κ2) is 5.68. The molecule has 0 spiro atoms. The summed E-state index contributed by atoms with van der Waals surface area (Å²) in [6.45, 7) is 1.12. The normalized spacial score (nSPS) is 25.9. The van der Waals surface area contributed by atoms with Crippen LogP contribution in [0.25, 0.3) is 0 Å². The third kappa shape index (κ3) is 2.85. The molecule has 118 valence electrons. The molecule has 2 unspecified atom stereocenters. The number of aryl methyl sites for hydroxylation is 1. The Balaban J connectivity index is 1.69. The lowest BCUT2D eigenvalue weighted by atomic mass is 10.0. The summed E-state index contributed by atoms with van der Waals surface area (Å²) in [5.41, 5.74) is 0.730. The smallest absolute Gasteiger partial charge is 0.221 e. The van der Waals surface area contributed by atoms with Crippen LogP contribution in [0.1, 0.15) is 30.9 Å². The van der Waals surface area contributed by atoms with Crippen LogP contribution in [0.15, 0.2) is 12.4 Å². The molecule has 2 aliphatic rings. The minimum absolute atomic E-state index is 0.134. The maximum atomic E-state index is 12.5. The van der Waals surface area contributed by atoms with Crippen LogP contribution in [0, 0.1) is 0 Å². The molecule has 1 aromatic heterocycles. The van der Waals surface area contributed by atoms with Gasteiger partial charge in [-0.15, -0.1) is 0 Å². The Hall–Kier alpha value is -0.960. The number of aromatic nitrogens is 2. The van der Waals surface area contributed by atoms with Crippen molar-refractivity contribution in [2.45, 2.75) is 36.7 Å². The van der Waals surface area contributed by atoms with Gasteiger partial charge in [0.15, 0.2) is 0 Å².